The molecule has 13 unspecified atom stereocenters. The monoisotopic (exact) mass is 828 g/mol. The Kier molecular flexibility index (Phi) is 8.08. The van der Waals surface area contributed by atoms with Crippen LogP contribution in [0, 0.1) is 29.1 Å². The Morgan fingerprint density at radius 3 is 2.51 bits per heavy atom. The van der Waals surface area contributed by atoms with E-state index in [4.69, 9.17) is 14.2 Å². The Morgan fingerprint density at radius 2 is 1.74 bits per heavy atom. The Hall–Kier alpha value is -4.37. The second-order valence-corrected chi connectivity index (χ2v) is 19.3. The molecule has 0 amide bonds. The predicted octanol–water partition coefficient (Wildman–Crippen LogP) is 4.98. The van der Waals surface area contributed by atoms with E-state index in [9.17, 15) is 30.6 Å². The van der Waals surface area contributed by atoms with Gasteiger partial charge in [0, 0.05) is 23.3 Å². The van der Waals surface area contributed by atoms with Crippen LogP contribution in [0.4, 0.5) is 0 Å². The van der Waals surface area contributed by atoms with Crippen molar-refractivity contribution in [1.82, 2.24) is 10.3 Å². The van der Waals surface area contributed by atoms with Crippen molar-refractivity contribution in [2.24, 2.45) is 29.1 Å². The van der Waals surface area contributed by atoms with Gasteiger partial charge in [0.15, 0.2) is 17.5 Å². The molecule has 13 atom stereocenters. The molecule has 1 spiro atoms. The minimum absolute atomic E-state index is 0.0996. The molecule has 12 heteroatoms. The topological polar surface area (TPSA) is 194 Å². The zero-order valence-electron chi connectivity index (χ0n) is 34.0. The van der Waals surface area contributed by atoms with Crippen LogP contribution >= 0.6 is 0 Å². The number of H-pyrrole nitrogens is 1. The lowest BCUT2D eigenvalue weighted by molar-refractivity contribution is -0.386. The van der Waals surface area contributed by atoms with Crippen LogP contribution in [-0.4, -0.2) is 96.6 Å². The highest BCUT2D eigenvalue weighted by Gasteiger charge is 2.86. The van der Waals surface area contributed by atoms with Crippen LogP contribution in [0.2, 0.25) is 0 Å². The van der Waals surface area contributed by atoms with E-state index in [1.54, 1.807) is 18.2 Å². The SMILES string of the molecule is CNCC1CC2C3C4=CC(O)C5(O)OC(C(=O)Oc6c(CO)[nH]c7ccc8cc9ccccc9cc8c67)C(OC2(CC4)C2(CCC4CCCC42c2ccc(O)cc2)C1O)C35O. The summed E-state index contributed by atoms with van der Waals surface area (Å²) in [7, 11) is 1.87. The van der Waals surface area contributed by atoms with Gasteiger partial charge in [-0.05, 0) is 127 Å². The number of esters is 1. The van der Waals surface area contributed by atoms with Crippen LogP contribution in [0.3, 0.4) is 0 Å². The van der Waals surface area contributed by atoms with Gasteiger partial charge in [-0.25, -0.2) is 4.79 Å². The predicted molar refractivity (Wildman–Crippen MR) is 224 cm³/mol. The van der Waals surface area contributed by atoms with Crippen molar-refractivity contribution in [1.29, 1.82) is 0 Å². The lowest BCUT2D eigenvalue weighted by Gasteiger charge is -2.73. The van der Waals surface area contributed by atoms with Gasteiger partial charge in [0.2, 0.25) is 5.79 Å². The van der Waals surface area contributed by atoms with E-state index in [1.807, 2.05) is 61.6 Å². The quantitative estimate of drug-likeness (QED) is 0.0654. The molecule has 12 nitrogen and oxygen atoms in total. The first-order chi connectivity index (χ1) is 29.5. The zero-order chi connectivity index (χ0) is 41.8. The fourth-order valence-corrected chi connectivity index (χ4v) is 15.2. The summed E-state index contributed by atoms with van der Waals surface area (Å²) in [5.41, 5.74) is -2.10. The van der Waals surface area contributed by atoms with Gasteiger partial charge in [-0.1, -0.05) is 60.5 Å². The number of aromatic nitrogens is 1. The van der Waals surface area contributed by atoms with E-state index >= 15 is 4.79 Å². The zero-order valence-corrected chi connectivity index (χ0v) is 34.0. The largest absolute Gasteiger partial charge is 0.508 e. The first kappa shape index (κ1) is 38.3. The number of rotatable bonds is 6. The van der Waals surface area contributed by atoms with Gasteiger partial charge in [-0.15, -0.1) is 0 Å². The molecular weight excluding hydrogens is 777 g/mol. The molecule has 12 rings (SSSR count). The number of ether oxygens (including phenoxy) is 3. The van der Waals surface area contributed by atoms with E-state index in [-0.39, 0.29) is 29.0 Å². The smallest absolute Gasteiger partial charge is 0.343 e. The number of hydrogen-bond acceptors (Lipinski definition) is 11. The number of nitrogens with one attached hydrogen (secondary N) is 2. The highest BCUT2D eigenvalue weighted by Crippen LogP contribution is 2.79. The van der Waals surface area contributed by atoms with Crippen molar-refractivity contribution in [3.05, 3.63) is 95.7 Å². The van der Waals surface area contributed by atoms with Crippen molar-refractivity contribution in [2.75, 3.05) is 13.6 Å². The van der Waals surface area contributed by atoms with Gasteiger partial charge in [0.05, 0.1) is 34.9 Å². The molecule has 8 N–H and O–H groups in total. The lowest BCUT2D eigenvalue weighted by atomic mass is 9.37. The Labute approximate surface area is 352 Å². The molecule has 2 saturated heterocycles. The summed E-state index contributed by atoms with van der Waals surface area (Å²) in [4.78, 5) is 18.3. The fraction of sp³-hybridized carbons (Fsp3) is 0.490. The standard InChI is InChI=1S/C49H52N2O10/c1-50-23-29-21-34-39-28-14-18-47(34,46(42(29)55)17-15-30-7-4-16-45(30,46)31-9-11-32(53)12-10-31)61-43-41(60-49(58,37(54)22-28)48(39,43)57)44(56)59-40-36(24-52)51-35-13-8-27-19-25-5-2-3-6-26(25)20-33(27)38(35)40/h2-3,5-6,8-13,19-20,22,29-30,34,37,39,41-43,50-55,57-58H,4,7,14-18,21,23-24H2,1H3. The number of phenols is 1. The molecule has 2 bridgehead atoms. The average Bonchev–Trinajstić information content (AvgIpc) is 3.99. The summed E-state index contributed by atoms with van der Waals surface area (Å²) in [5.74, 6) is -4.54. The van der Waals surface area contributed by atoms with Crippen molar-refractivity contribution in [3.63, 3.8) is 0 Å². The van der Waals surface area contributed by atoms with Gasteiger partial charge >= 0.3 is 5.97 Å². The van der Waals surface area contributed by atoms with Gasteiger partial charge in [-0.3, -0.25) is 0 Å². The Morgan fingerprint density at radius 1 is 0.951 bits per heavy atom. The maximum absolute atomic E-state index is 15.1. The molecule has 0 radical (unpaired) electrons. The van der Waals surface area contributed by atoms with E-state index in [0.29, 0.717) is 43.1 Å². The van der Waals surface area contributed by atoms with Crippen LogP contribution < -0.4 is 10.1 Å². The third kappa shape index (κ3) is 4.50. The number of aliphatic hydroxyl groups is 5. The fourth-order valence-electron chi connectivity index (χ4n) is 15.2. The van der Waals surface area contributed by atoms with Crippen LogP contribution in [0.25, 0.3) is 32.4 Å². The van der Waals surface area contributed by atoms with E-state index in [2.05, 4.69) is 16.4 Å². The van der Waals surface area contributed by atoms with Gasteiger partial charge in [0.25, 0.3) is 0 Å². The third-order valence-electron chi connectivity index (χ3n) is 17.2. The average molecular weight is 829 g/mol. The van der Waals surface area contributed by atoms with Crippen LogP contribution in [0.1, 0.15) is 62.6 Å². The van der Waals surface area contributed by atoms with E-state index < -0.39 is 76.6 Å². The second-order valence-electron chi connectivity index (χ2n) is 19.3. The highest BCUT2D eigenvalue weighted by atomic mass is 16.7. The maximum atomic E-state index is 15.1. The molecule has 4 aromatic carbocycles. The molecule has 5 aliphatic carbocycles. The molecular formula is C49H52N2O10. The molecule has 3 heterocycles. The van der Waals surface area contributed by atoms with E-state index in [0.717, 1.165) is 58.4 Å². The number of aliphatic hydroxyl groups excluding tert-OH is 3. The summed E-state index contributed by atoms with van der Waals surface area (Å²) >= 11 is 0. The number of carbonyl (C=O) groups is 1. The van der Waals surface area contributed by atoms with Gasteiger partial charge in [-0.2, -0.15) is 0 Å². The normalized spacial score (nSPS) is 40.7. The second kappa shape index (κ2) is 12.9. The number of phenolic OH excluding ortho intramolecular Hbond substituents is 1. The molecule has 61 heavy (non-hydrogen) atoms. The molecule has 7 aliphatic rings. The summed E-state index contributed by atoms with van der Waals surface area (Å²) in [6, 6.07) is 23.3. The molecule has 2 aliphatic heterocycles. The van der Waals surface area contributed by atoms with Crippen molar-refractivity contribution in [3.8, 4) is 11.5 Å². The first-order valence-corrected chi connectivity index (χ1v) is 22.1. The Bertz CT molecular complexity index is 2680. The highest BCUT2D eigenvalue weighted by molar-refractivity contribution is 6.14. The number of aromatic amines is 1. The molecule has 6 fully saturated rings. The van der Waals surface area contributed by atoms with Crippen LogP contribution in [-0.2, 0) is 26.3 Å². The van der Waals surface area contributed by atoms with Crippen molar-refractivity contribution < 1.29 is 49.6 Å². The molecule has 1 aromatic heterocycles. The first-order valence-electron chi connectivity index (χ1n) is 22.1. The number of benzene rings is 4. The third-order valence-corrected chi connectivity index (χ3v) is 17.2. The van der Waals surface area contributed by atoms with E-state index in [1.165, 1.54) is 0 Å². The Balaban J connectivity index is 1.03. The molecule has 4 saturated carbocycles. The lowest BCUT2D eigenvalue weighted by Crippen LogP contribution is -2.83. The molecule has 318 valence electrons. The minimum atomic E-state index is -2.63. The van der Waals surface area contributed by atoms with Gasteiger partial charge in [0.1, 0.15) is 18.0 Å². The number of carbonyl (C=O) groups excluding carboxylic acids is 1. The summed E-state index contributed by atoms with van der Waals surface area (Å²) in [6.07, 6.45) is 1.47. The maximum Gasteiger partial charge on any atom is 0.343 e. The number of hydrogen-bond donors (Lipinski definition) is 8. The van der Waals surface area contributed by atoms with Crippen molar-refractivity contribution >= 4 is 38.4 Å². The van der Waals surface area contributed by atoms with Crippen LogP contribution in [0.15, 0.2) is 84.4 Å². The summed E-state index contributed by atoms with van der Waals surface area (Å²) in [6.45, 7) is 0.0410. The molecule has 5 aromatic rings. The summed E-state index contributed by atoms with van der Waals surface area (Å²) < 4.78 is 20.3. The number of aromatic hydroxyl groups is 1. The van der Waals surface area contributed by atoms with Crippen LogP contribution in [0.5, 0.6) is 11.5 Å². The number of fused-ring (bicyclic) bond motifs is 6. The summed E-state index contributed by atoms with van der Waals surface area (Å²) in [5, 5.41) is 79.7. The van der Waals surface area contributed by atoms with Crippen molar-refractivity contribution in [2.45, 2.75) is 105 Å². The minimum Gasteiger partial charge on any atom is -0.508 e. The van der Waals surface area contributed by atoms with Gasteiger partial charge < -0.3 is 55.2 Å².